The molecule has 0 aliphatic heterocycles. The summed E-state index contributed by atoms with van der Waals surface area (Å²) in [5.74, 6) is -0.523. The number of hydrogen-bond donors (Lipinski definition) is 1. The van der Waals surface area contributed by atoms with E-state index in [1.807, 2.05) is 0 Å². The number of nitrogens with one attached hydrogen (secondary N) is 1. The maximum absolute atomic E-state index is 12.9. The average molecular weight is 351 g/mol. The molecule has 0 spiro atoms. The van der Waals surface area contributed by atoms with E-state index in [9.17, 15) is 18.0 Å². The molecular weight excluding hydrogens is 331 g/mol. The number of carbonyl (C=O) groups is 1. The molecule has 0 heterocycles. The van der Waals surface area contributed by atoms with Crippen molar-refractivity contribution in [1.82, 2.24) is 5.32 Å². The molecule has 0 radical (unpaired) electrons. The van der Waals surface area contributed by atoms with Gasteiger partial charge in [0.25, 0.3) is 5.91 Å². The van der Waals surface area contributed by atoms with Gasteiger partial charge in [0.15, 0.2) is 0 Å². The first kappa shape index (κ1) is 19.0. The number of carbonyl (C=O) groups excluding carboxylic acids is 1. The van der Waals surface area contributed by atoms with Crippen LogP contribution in [0.5, 0.6) is 0 Å². The fourth-order valence-electron chi connectivity index (χ4n) is 2.52. The molecule has 2 aromatic rings. The minimum atomic E-state index is -4.39. The molecule has 1 N–H and O–H groups in total. The van der Waals surface area contributed by atoms with Crippen molar-refractivity contribution in [2.75, 3.05) is 20.3 Å². The van der Waals surface area contributed by atoms with Gasteiger partial charge in [0.2, 0.25) is 0 Å². The summed E-state index contributed by atoms with van der Waals surface area (Å²) in [7, 11) is 1.53. The van der Waals surface area contributed by atoms with Gasteiger partial charge < -0.3 is 10.1 Å². The summed E-state index contributed by atoms with van der Waals surface area (Å²) >= 11 is 0. The van der Waals surface area contributed by atoms with E-state index in [1.165, 1.54) is 13.2 Å². The number of halogens is 3. The minimum absolute atomic E-state index is 0.235. The van der Waals surface area contributed by atoms with Crippen LogP contribution >= 0.6 is 0 Å². The van der Waals surface area contributed by atoms with Crippen LogP contribution in [0.1, 0.15) is 33.8 Å². The average Bonchev–Trinajstić information content (AvgIpc) is 2.61. The van der Waals surface area contributed by atoms with Crippen molar-refractivity contribution in [3.05, 3.63) is 71.3 Å². The fourth-order valence-corrected chi connectivity index (χ4v) is 2.52. The second-order valence-corrected chi connectivity index (χ2v) is 5.68. The second kappa shape index (κ2) is 8.67. The summed E-state index contributed by atoms with van der Waals surface area (Å²) in [6.45, 7) is 0.626. The molecule has 0 bridgehead atoms. The zero-order chi connectivity index (χ0) is 18.3. The Morgan fingerprint density at radius 3 is 2.48 bits per heavy atom. The number of hydrogen-bond acceptors (Lipinski definition) is 2. The van der Waals surface area contributed by atoms with E-state index in [0.29, 0.717) is 24.2 Å². The van der Waals surface area contributed by atoms with Crippen LogP contribution in [0.3, 0.4) is 0 Å². The van der Waals surface area contributed by atoms with Gasteiger partial charge in [-0.3, -0.25) is 4.79 Å². The molecule has 0 fully saturated rings. The Labute approximate surface area is 144 Å². The van der Waals surface area contributed by atoms with Crippen LogP contribution in [0.15, 0.2) is 54.6 Å². The number of methoxy groups -OCH3 is 1. The van der Waals surface area contributed by atoms with Crippen LogP contribution < -0.4 is 5.32 Å². The molecule has 2 rings (SSSR count). The molecule has 0 aliphatic rings. The first-order valence-electron chi connectivity index (χ1n) is 7.91. The number of ether oxygens (including phenoxy) is 1. The van der Waals surface area contributed by atoms with E-state index in [0.717, 1.165) is 12.1 Å². The number of alkyl halides is 3. The van der Waals surface area contributed by atoms with Crippen molar-refractivity contribution in [2.24, 2.45) is 0 Å². The lowest BCUT2D eigenvalue weighted by Crippen LogP contribution is -2.29. The molecule has 0 saturated carbocycles. The molecule has 1 amide bonds. The molecule has 2 aromatic carbocycles. The van der Waals surface area contributed by atoms with Crippen molar-refractivity contribution < 1.29 is 22.7 Å². The number of benzene rings is 2. The number of rotatable bonds is 7. The van der Waals surface area contributed by atoms with Crippen molar-refractivity contribution in [2.45, 2.75) is 18.5 Å². The Kier molecular flexibility index (Phi) is 6.58. The van der Waals surface area contributed by atoms with Gasteiger partial charge in [-0.15, -0.1) is 0 Å². The van der Waals surface area contributed by atoms with E-state index in [-0.39, 0.29) is 18.4 Å². The molecule has 6 heteroatoms. The van der Waals surface area contributed by atoms with E-state index in [1.54, 1.807) is 36.4 Å². The monoisotopic (exact) mass is 351 g/mol. The molecule has 0 saturated heterocycles. The largest absolute Gasteiger partial charge is 0.416 e. The predicted octanol–water partition coefficient (Wildman–Crippen LogP) is 4.26. The Bertz CT molecular complexity index is 687. The van der Waals surface area contributed by atoms with Gasteiger partial charge in [0.05, 0.1) is 5.56 Å². The zero-order valence-electron chi connectivity index (χ0n) is 13.8. The van der Waals surface area contributed by atoms with Crippen molar-refractivity contribution in [3.8, 4) is 0 Å². The lowest BCUT2D eigenvalue weighted by molar-refractivity contribution is -0.137. The quantitative estimate of drug-likeness (QED) is 0.810. The predicted molar refractivity (Wildman–Crippen MR) is 89.5 cm³/mol. The van der Waals surface area contributed by atoms with E-state index in [2.05, 4.69) is 5.32 Å². The third kappa shape index (κ3) is 5.60. The number of amides is 1. The standard InChI is InChI=1S/C19H20F3NO2/c1-25-11-10-16(13-23-18(24)14-6-3-2-4-7-14)15-8-5-9-17(12-15)19(20,21)22/h2-9,12,16H,10-11,13H2,1H3,(H,23,24). The van der Waals surface area contributed by atoms with Crippen molar-refractivity contribution in [1.29, 1.82) is 0 Å². The van der Waals surface area contributed by atoms with Crippen LogP contribution in [0.4, 0.5) is 13.2 Å². The third-order valence-corrected chi connectivity index (χ3v) is 3.90. The van der Waals surface area contributed by atoms with Crippen LogP contribution in [0, 0.1) is 0 Å². The Balaban J connectivity index is 2.12. The normalized spacial score (nSPS) is 12.6. The Morgan fingerprint density at radius 2 is 1.84 bits per heavy atom. The summed E-state index contributed by atoms with van der Waals surface area (Å²) in [5, 5.41) is 2.79. The molecule has 134 valence electrons. The molecule has 1 unspecified atom stereocenters. The minimum Gasteiger partial charge on any atom is -0.385 e. The maximum Gasteiger partial charge on any atom is 0.416 e. The molecule has 1 atom stereocenters. The smallest absolute Gasteiger partial charge is 0.385 e. The van der Waals surface area contributed by atoms with Gasteiger partial charge in [-0.2, -0.15) is 13.2 Å². The fraction of sp³-hybridized carbons (Fsp3) is 0.316. The topological polar surface area (TPSA) is 38.3 Å². The van der Waals surface area contributed by atoms with Gasteiger partial charge >= 0.3 is 6.18 Å². The Hall–Kier alpha value is -2.34. The summed E-state index contributed by atoms with van der Waals surface area (Å²) in [4.78, 5) is 12.2. The highest BCUT2D eigenvalue weighted by atomic mass is 19.4. The van der Waals surface area contributed by atoms with E-state index < -0.39 is 11.7 Å². The van der Waals surface area contributed by atoms with Gasteiger partial charge in [0, 0.05) is 31.7 Å². The van der Waals surface area contributed by atoms with Gasteiger partial charge in [0.1, 0.15) is 0 Å². The summed E-state index contributed by atoms with van der Waals surface area (Å²) in [6.07, 6.45) is -3.89. The third-order valence-electron chi connectivity index (χ3n) is 3.90. The van der Waals surface area contributed by atoms with Crippen LogP contribution in [-0.2, 0) is 10.9 Å². The SMILES string of the molecule is COCCC(CNC(=O)c1ccccc1)c1cccc(C(F)(F)F)c1. The highest BCUT2D eigenvalue weighted by molar-refractivity contribution is 5.94. The van der Waals surface area contributed by atoms with E-state index in [4.69, 9.17) is 4.74 Å². The van der Waals surface area contributed by atoms with Crippen molar-refractivity contribution in [3.63, 3.8) is 0 Å². The summed E-state index contributed by atoms with van der Waals surface area (Å²) < 4.78 is 43.8. The first-order valence-corrected chi connectivity index (χ1v) is 7.91. The van der Waals surface area contributed by atoms with Crippen LogP contribution in [0.25, 0.3) is 0 Å². The van der Waals surface area contributed by atoms with Crippen LogP contribution in [-0.4, -0.2) is 26.2 Å². The summed E-state index contributed by atoms with van der Waals surface area (Å²) in [5.41, 5.74) is 0.346. The summed E-state index contributed by atoms with van der Waals surface area (Å²) in [6, 6.07) is 13.9. The van der Waals surface area contributed by atoms with Gasteiger partial charge in [-0.05, 0) is 30.2 Å². The molecule has 0 aromatic heterocycles. The van der Waals surface area contributed by atoms with E-state index >= 15 is 0 Å². The Morgan fingerprint density at radius 1 is 1.12 bits per heavy atom. The molecular formula is C19H20F3NO2. The first-order chi connectivity index (χ1) is 11.9. The van der Waals surface area contributed by atoms with Gasteiger partial charge in [-0.25, -0.2) is 0 Å². The molecule has 0 aliphatic carbocycles. The zero-order valence-corrected chi connectivity index (χ0v) is 13.8. The maximum atomic E-state index is 12.9. The highest BCUT2D eigenvalue weighted by Crippen LogP contribution is 2.31. The molecule has 25 heavy (non-hydrogen) atoms. The lowest BCUT2D eigenvalue weighted by atomic mass is 9.94. The highest BCUT2D eigenvalue weighted by Gasteiger charge is 2.31. The second-order valence-electron chi connectivity index (χ2n) is 5.68. The lowest BCUT2D eigenvalue weighted by Gasteiger charge is -2.19. The van der Waals surface area contributed by atoms with Crippen molar-refractivity contribution >= 4 is 5.91 Å². The van der Waals surface area contributed by atoms with Gasteiger partial charge in [-0.1, -0.05) is 36.4 Å². The van der Waals surface area contributed by atoms with Crippen LogP contribution in [0.2, 0.25) is 0 Å². The molecule has 3 nitrogen and oxygen atoms in total.